The Balaban J connectivity index is 2.53. The monoisotopic (exact) mass is 342 g/mol. The SMILES string of the molecule is COCCOCC1CCN(C(=NCC(=O)N(C)C)NCC(C)C)C1. The van der Waals surface area contributed by atoms with E-state index in [0.717, 1.165) is 38.6 Å². The summed E-state index contributed by atoms with van der Waals surface area (Å²) in [5.74, 6) is 1.86. The summed E-state index contributed by atoms with van der Waals surface area (Å²) in [5.41, 5.74) is 0. The van der Waals surface area contributed by atoms with E-state index in [0.29, 0.717) is 25.0 Å². The largest absolute Gasteiger partial charge is 0.382 e. The zero-order valence-electron chi connectivity index (χ0n) is 15.9. The molecule has 24 heavy (non-hydrogen) atoms. The Labute approximate surface area is 146 Å². The first-order valence-corrected chi connectivity index (χ1v) is 8.74. The Morgan fingerprint density at radius 3 is 2.75 bits per heavy atom. The Kier molecular flexibility index (Phi) is 9.71. The number of methoxy groups -OCH3 is 1. The van der Waals surface area contributed by atoms with Gasteiger partial charge in [-0.2, -0.15) is 0 Å². The molecule has 0 aromatic heterocycles. The fourth-order valence-corrected chi connectivity index (χ4v) is 2.40. The highest BCUT2D eigenvalue weighted by molar-refractivity contribution is 5.85. The predicted octanol–water partition coefficient (Wildman–Crippen LogP) is 0.661. The van der Waals surface area contributed by atoms with Gasteiger partial charge in [0.05, 0.1) is 19.8 Å². The lowest BCUT2D eigenvalue weighted by atomic mass is 10.1. The van der Waals surface area contributed by atoms with Gasteiger partial charge in [-0.3, -0.25) is 4.79 Å². The standard InChI is InChI=1S/C17H34N4O3/c1-14(2)10-18-17(19-11-16(22)20(3)4)21-7-6-15(12-21)13-24-9-8-23-5/h14-15H,6-13H2,1-5H3,(H,18,19). The minimum absolute atomic E-state index is 0.0116. The number of hydrogen-bond donors (Lipinski definition) is 1. The van der Waals surface area contributed by atoms with Crippen molar-refractivity contribution in [2.24, 2.45) is 16.8 Å². The minimum atomic E-state index is 0.0116. The lowest BCUT2D eigenvalue weighted by molar-refractivity contribution is -0.127. The molecule has 1 fully saturated rings. The zero-order valence-corrected chi connectivity index (χ0v) is 15.9. The van der Waals surface area contributed by atoms with Gasteiger partial charge in [0, 0.05) is 46.8 Å². The molecule has 140 valence electrons. The third-order valence-electron chi connectivity index (χ3n) is 3.90. The molecule has 7 nitrogen and oxygen atoms in total. The molecule has 1 N–H and O–H groups in total. The molecule has 0 aromatic carbocycles. The van der Waals surface area contributed by atoms with Crippen molar-refractivity contribution in [3.05, 3.63) is 0 Å². The first kappa shape index (κ1) is 20.7. The number of aliphatic imine (C=N–C) groups is 1. The van der Waals surface area contributed by atoms with Gasteiger partial charge in [-0.05, 0) is 12.3 Å². The average molecular weight is 342 g/mol. The third-order valence-corrected chi connectivity index (χ3v) is 3.90. The van der Waals surface area contributed by atoms with Crippen LogP contribution in [0, 0.1) is 11.8 Å². The molecule has 0 saturated carbocycles. The summed E-state index contributed by atoms with van der Waals surface area (Å²) >= 11 is 0. The van der Waals surface area contributed by atoms with E-state index in [9.17, 15) is 4.79 Å². The smallest absolute Gasteiger partial charge is 0.243 e. The Morgan fingerprint density at radius 2 is 2.12 bits per heavy atom. The highest BCUT2D eigenvalue weighted by Crippen LogP contribution is 2.16. The van der Waals surface area contributed by atoms with Crippen molar-refractivity contribution in [1.82, 2.24) is 15.1 Å². The first-order chi connectivity index (χ1) is 11.4. The molecule has 1 rings (SSSR count). The van der Waals surface area contributed by atoms with Crippen LogP contribution in [0.4, 0.5) is 0 Å². The number of likely N-dealkylation sites (N-methyl/N-ethyl adjacent to an activating group) is 1. The molecule has 1 unspecified atom stereocenters. The summed E-state index contributed by atoms with van der Waals surface area (Å²) in [5, 5.41) is 3.40. The van der Waals surface area contributed by atoms with Crippen LogP contribution >= 0.6 is 0 Å². The van der Waals surface area contributed by atoms with E-state index >= 15 is 0 Å². The van der Waals surface area contributed by atoms with Gasteiger partial charge in [0.25, 0.3) is 0 Å². The normalized spacial score (nSPS) is 18.3. The van der Waals surface area contributed by atoms with Gasteiger partial charge in [-0.15, -0.1) is 0 Å². The number of nitrogens with zero attached hydrogens (tertiary/aromatic N) is 3. The molecule has 1 amide bonds. The van der Waals surface area contributed by atoms with Crippen molar-refractivity contribution in [3.63, 3.8) is 0 Å². The lowest BCUT2D eigenvalue weighted by Gasteiger charge is -2.23. The van der Waals surface area contributed by atoms with Gasteiger partial charge in [-0.25, -0.2) is 4.99 Å². The first-order valence-electron chi connectivity index (χ1n) is 8.74. The van der Waals surface area contributed by atoms with Crippen LogP contribution < -0.4 is 5.32 Å². The van der Waals surface area contributed by atoms with E-state index in [-0.39, 0.29) is 12.5 Å². The second-order valence-electron chi connectivity index (χ2n) is 6.87. The van der Waals surface area contributed by atoms with E-state index in [2.05, 4.69) is 29.1 Å². The van der Waals surface area contributed by atoms with Gasteiger partial charge in [-0.1, -0.05) is 13.8 Å². The number of amides is 1. The van der Waals surface area contributed by atoms with Crippen LogP contribution in [0.25, 0.3) is 0 Å². The van der Waals surface area contributed by atoms with Gasteiger partial charge in [0.1, 0.15) is 6.54 Å². The number of nitrogens with one attached hydrogen (secondary N) is 1. The number of ether oxygens (including phenoxy) is 2. The van der Waals surface area contributed by atoms with Crippen LogP contribution in [-0.4, -0.2) is 88.9 Å². The molecule has 1 heterocycles. The number of carbonyl (C=O) groups is 1. The summed E-state index contributed by atoms with van der Waals surface area (Å²) in [7, 11) is 5.18. The Bertz CT molecular complexity index is 399. The van der Waals surface area contributed by atoms with E-state index in [4.69, 9.17) is 9.47 Å². The fourth-order valence-electron chi connectivity index (χ4n) is 2.40. The summed E-state index contributed by atoms with van der Waals surface area (Å²) in [6, 6.07) is 0. The molecule has 7 heteroatoms. The van der Waals surface area contributed by atoms with Crippen molar-refractivity contribution < 1.29 is 14.3 Å². The maximum atomic E-state index is 11.8. The summed E-state index contributed by atoms with van der Waals surface area (Å²) in [6.45, 7) is 9.21. The molecular formula is C17H34N4O3. The lowest BCUT2D eigenvalue weighted by Crippen LogP contribution is -2.42. The number of rotatable bonds is 9. The van der Waals surface area contributed by atoms with Gasteiger partial charge in [0.15, 0.2) is 5.96 Å². The van der Waals surface area contributed by atoms with Crippen molar-refractivity contribution in [3.8, 4) is 0 Å². The van der Waals surface area contributed by atoms with E-state index in [1.54, 1.807) is 26.1 Å². The molecular weight excluding hydrogens is 308 g/mol. The molecule has 0 aromatic rings. The van der Waals surface area contributed by atoms with Crippen LogP contribution in [-0.2, 0) is 14.3 Å². The van der Waals surface area contributed by atoms with Gasteiger partial charge in [0.2, 0.25) is 5.91 Å². The second-order valence-corrected chi connectivity index (χ2v) is 6.87. The van der Waals surface area contributed by atoms with E-state index < -0.39 is 0 Å². The van der Waals surface area contributed by atoms with Crippen LogP contribution in [0.1, 0.15) is 20.3 Å². The van der Waals surface area contributed by atoms with Crippen LogP contribution in [0.3, 0.4) is 0 Å². The topological polar surface area (TPSA) is 66.4 Å². The number of likely N-dealkylation sites (tertiary alicyclic amines) is 1. The molecule has 0 bridgehead atoms. The minimum Gasteiger partial charge on any atom is -0.382 e. The maximum absolute atomic E-state index is 11.8. The van der Waals surface area contributed by atoms with Crippen molar-refractivity contribution in [1.29, 1.82) is 0 Å². The summed E-state index contributed by atoms with van der Waals surface area (Å²) in [4.78, 5) is 20.1. The quantitative estimate of drug-likeness (QED) is 0.379. The van der Waals surface area contributed by atoms with Crippen LogP contribution in [0.15, 0.2) is 4.99 Å². The molecule has 1 saturated heterocycles. The molecule has 0 spiro atoms. The van der Waals surface area contributed by atoms with Crippen molar-refractivity contribution >= 4 is 11.9 Å². The molecule has 1 aliphatic heterocycles. The number of guanidine groups is 1. The van der Waals surface area contributed by atoms with Crippen molar-refractivity contribution in [2.75, 3.05) is 67.2 Å². The molecule has 1 aliphatic rings. The van der Waals surface area contributed by atoms with Gasteiger partial charge < -0.3 is 24.6 Å². The molecule has 0 radical (unpaired) electrons. The van der Waals surface area contributed by atoms with E-state index in [1.807, 2.05) is 0 Å². The predicted molar refractivity (Wildman–Crippen MR) is 96.2 cm³/mol. The maximum Gasteiger partial charge on any atom is 0.243 e. The second kappa shape index (κ2) is 11.3. The van der Waals surface area contributed by atoms with Crippen molar-refractivity contribution in [2.45, 2.75) is 20.3 Å². The molecule has 1 atom stereocenters. The highest BCUT2D eigenvalue weighted by Gasteiger charge is 2.25. The zero-order chi connectivity index (χ0) is 17.9. The van der Waals surface area contributed by atoms with Crippen LogP contribution in [0.5, 0.6) is 0 Å². The number of carbonyl (C=O) groups excluding carboxylic acids is 1. The summed E-state index contributed by atoms with van der Waals surface area (Å²) in [6.07, 6.45) is 1.08. The van der Waals surface area contributed by atoms with Gasteiger partial charge >= 0.3 is 0 Å². The van der Waals surface area contributed by atoms with E-state index in [1.165, 1.54) is 0 Å². The van der Waals surface area contributed by atoms with Crippen LogP contribution in [0.2, 0.25) is 0 Å². The average Bonchev–Trinajstić information content (AvgIpc) is 2.99. The highest BCUT2D eigenvalue weighted by atomic mass is 16.5. The fraction of sp³-hybridized carbons (Fsp3) is 0.882. The number of hydrogen-bond acceptors (Lipinski definition) is 4. The third kappa shape index (κ3) is 7.97. The Morgan fingerprint density at radius 1 is 1.38 bits per heavy atom. The molecule has 0 aliphatic carbocycles. The summed E-state index contributed by atoms with van der Waals surface area (Å²) < 4.78 is 10.6. The Hall–Kier alpha value is -1.34.